The van der Waals surface area contributed by atoms with Crippen molar-refractivity contribution in [1.29, 1.82) is 0 Å². The lowest BCUT2D eigenvalue weighted by Gasteiger charge is -2.11. The summed E-state index contributed by atoms with van der Waals surface area (Å²) in [6.45, 7) is 0. The highest BCUT2D eigenvalue weighted by Crippen LogP contribution is 2.36. The normalized spacial score (nSPS) is 14.1. The number of hydrogen-bond donors (Lipinski definition) is 2. The lowest BCUT2D eigenvalue weighted by molar-refractivity contribution is 0.199. The van der Waals surface area contributed by atoms with E-state index in [4.69, 9.17) is 11.6 Å². The van der Waals surface area contributed by atoms with Crippen LogP contribution >= 0.6 is 11.6 Å². The van der Waals surface area contributed by atoms with Crippen LogP contribution < -0.4 is 0 Å². The number of aliphatic hydroxyl groups is 1. The van der Waals surface area contributed by atoms with Crippen LogP contribution in [0.5, 0.6) is 0 Å². The molecular formula is C17H16ClNO2S. The van der Waals surface area contributed by atoms with Crippen molar-refractivity contribution in [2.45, 2.75) is 6.10 Å². The van der Waals surface area contributed by atoms with E-state index in [0.29, 0.717) is 10.7 Å². The van der Waals surface area contributed by atoms with Gasteiger partial charge in [0.15, 0.2) is 0 Å². The summed E-state index contributed by atoms with van der Waals surface area (Å²) in [5, 5.41) is 12.0. The van der Waals surface area contributed by atoms with Crippen LogP contribution in [0.3, 0.4) is 0 Å². The van der Waals surface area contributed by atoms with Crippen molar-refractivity contribution in [3.63, 3.8) is 0 Å². The quantitative estimate of drug-likeness (QED) is 0.760. The van der Waals surface area contributed by atoms with Crippen LogP contribution in [-0.2, 0) is 10.8 Å². The zero-order valence-corrected chi connectivity index (χ0v) is 13.6. The Morgan fingerprint density at radius 1 is 1.23 bits per heavy atom. The van der Waals surface area contributed by atoms with E-state index in [1.807, 2.05) is 48.5 Å². The van der Waals surface area contributed by atoms with E-state index in [1.165, 1.54) is 0 Å². The minimum atomic E-state index is -1.08. The largest absolute Gasteiger partial charge is 0.386 e. The third kappa shape index (κ3) is 2.95. The van der Waals surface area contributed by atoms with Gasteiger partial charge in [-0.3, -0.25) is 4.21 Å². The van der Waals surface area contributed by atoms with Crippen molar-refractivity contribution in [2.75, 3.05) is 12.0 Å². The first-order valence-corrected chi connectivity index (χ1v) is 9.01. The molecule has 0 saturated heterocycles. The average molecular weight is 334 g/mol. The number of aliphatic hydroxyl groups excluding tert-OH is 1. The standard InChI is InChI=1S/C17H16ClNO2S/c1-22(21)10-15(20)17-16(11-5-3-2-4-6-11)13-9-12(18)7-8-14(13)19-17/h2-9,15,19-20H,10H2,1H3. The molecule has 2 unspecified atom stereocenters. The Bertz CT molecular complexity index is 829. The van der Waals surface area contributed by atoms with Crippen molar-refractivity contribution < 1.29 is 9.32 Å². The van der Waals surface area contributed by atoms with Crippen molar-refractivity contribution in [3.05, 3.63) is 59.2 Å². The molecule has 1 heterocycles. The second kappa shape index (κ2) is 6.24. The number of hydrogen-bond acceptors (Lipinski definition) is 2. The van der Waals surface area contributed by atoms with Gasteiger partial charge >= 0.3 is 0 Å². The third-order valence-corrected chi connectivity index (χ3v) is 4.60. The molecule has 0 saturated carbocycles. The molecule has 0 bridgehead atoms. The van der Waals surface area contributed by atoms with E-state index in [0.717, 1.165) is 22.0 Å². The van der Waals surface area contributed by atoms with Crippen molar-refractivity contribution in [1.82, 2.24) is 4.98 Å². The number of aromatic amines is 1. The van der Waals surface area contributed by atoms with E-state index < -0.39 is 16.9 Å². The van der Waals surface area contributed by atoms with Gasteiger partial charge in [0.1, 0.15) is 6.10 Å². The third-order valence-electron chi connectivity index (χ3n) is 3.58. The Morgan fingerprint density at radius 2 is 1.95 bits per heavy atom. The number of aromatic nitrogens is 1. The van der Waals surface area contributed by atoms with Gasteiger partial charge in [0.05, 0.1) is 11.4 Å². The number of nitrogens with one attached hydrogen (secondary N) is 1. The number of fused-ring (bicyclic) bond motifs is 1. The summed E-state index contributed by atoms with van der Waals surface area (Å²) in [5.41, 5.74) is 3.49. The van der Waals surface area contributed by atoms with Crippen LogP contribution in [0.25, 0.3) is 22.0 Å². The first kappa shape index (κ1) is 15.3. The van der Waals surface area contributed by atoms with Crippen molar-refractivity contribution in [3.8, 4) is 11.1 Å². The molecule has 2 atom stereocenters. The Morgan fingerprint density at radius 3 is 2.64 bits per heavy atom. The van der Waals surface area contributed by atoms with Crippen molar-refractivity contribution in [2.24, 2.45) is 0 Å². The highest BCUT2D eigenvalue weighted by Gasteiger charge is 2.20. The van der Waals surface area contributed by atoms with Gasteiger partial charge in [-0.2, -0.15) is 0 Å². The fourth-order valence-corrected chi connectivity index (χ4v) is 3.44. The van der Waals surface area contributed by atoms with Crippen LogP contribution in [0.4, 0.5) is 0 Å². The summed E-state index contributed by atoms with van der Waals surface area (Å²) >= 11 is 6.13. The smallest absolute Gasteiger partial charge is 0.106 e. The summed E-state index contributed by atoms with van der Waals surface area (Å²) in [6, 6.07) is 15.4. The molecule has 0 radical (unpaired) electrons. The lowest BCUT2D eigenvalue weighted by atomic mass is 10.00. The highest BCUT2D eigenvalue weighted by atomic mass is 35.5. The Labute approximate surface area is 136 Å². The molecule has 1 aromatic heterocycles. The molecule has 22 heavy (non-hydrogen) atoms. The second-order valence-electron chi connectivity index (χ2n) is 5.23. The Kier molecular flexibility index (Phi) is 4.34. The summed E-state index contributed by atoms with van der Waals surface area (Å²) in [4.78, 5) is 3.25. The molecular weight excluding hydrogens is 318 g/mol. The van der Waals surface area contributed by atoms with Crippen LogP contribution in [0.1, 0.15) is 11.8 Å². The number of benzene rings is 2. The highest BCUT2D eigenvalue weighted by molar-refractivity contribution is 7.84. The Balaban J connectivity index is 2.25. The fraction of sp³-hybridized carbons (Fsp3) is 0.176. The maximum atomic E-state index is 11.5. The summed E-state index contributed by atoms with van der Waals surface area (Å²) < 4.78 is 11.5. The molecule has 0 spiro atoms. The monoisotopic (exact) mass is 333 g/mol. The maximum absolute atomic E-state index is 11.5. The molecule has 0 fully saturated rings. The first-order valence-electron chi connectivity index (χ1n) is 6.91. The number of rotatable bonds is 4. The molecule has 3 aromatic rings. The first-order chi connectivity index (χ1) is 10.6. The molecule has 0 aliphatic heterocycles. The molecule has 2 N–H and O–H groups in total. The van der Waals surface area contributed by atoms with Crippen LogP contribution in [0, 0.1) is 0 Å². The van der Waals surface area contributed by atoms with Gasteiger partial charge in [-0.25, -0.2) is 0 Å². The van der Waals surface area contributed by atoms with Gasteiger partial charge in [0.2, 0.25) is 0 Å². The van der Waals surface area contributed by atoms with E-state index >= 15 is 0 Å². The zero-order chi connectivity index (χ0) is 15.7. The second-order valence-corrected chi connectivity index (χ2v) is 7.14. The predicted molar refractivity (Wildman–Crippen MR) is 92.6 cm³/mol. The average Bonchev–Trinajstić information content (AvgIpc) is 2.86. The predicted octanol–water partition coefficient (Wildman–Crippen LogP) is 3.90. The summed E-state index contributed by atoms with van der Waals surface area (Å²) in [5.74, 6) is 0.195. The van der Waals surface area contributed by atoms with E-state index in [1.54, 1.807) is 6.26 Å². The number of H-pyrrole nitrogens is 1. The van der Waals surface area contributed by atoms with Gasteiger partial charge < -0.3 is 10.1 Å². The minimum absolute atomic E-state index is 0.195. The van der Waals surface area contributed by atoms with E-state index in [-0.39, 0.29) is 5.75 Å². The molecule has 0 aliphatic rings. The van der Waals surface area contributed by atoms with Crippen LogP contribution in [0.2, 0.25) is 5.02 Å². The molecule has 0 amide bonds. The van der Waals surface area contributed by atoms with Gasteiger partial charge in [-0.05, 0) is 23.8 Å². The zero-order valence-electron chi connectivity index (χ0n) is 12.0. The molecule has 114 valence electrons. The lowest BCUT2D eigenvalue weighted by Crippen LogP contribution is -2.09. The Hall–Kier alpha value is -1.62. The van der Waals surface area contributed by atoms with Crippen LogP contribution in [-0.4, -0.2) is 26.3 Å². The SMILES string of the molecule is CS(=O)CC(O)c1[nH]c2ccc(Cl)cc2c1-c1ccccc1. The van der Waals surface area contributed by atoms with E-state index in [9.17, 15) is 9.32 Å². The van der Waals surface area contributed by atoms with Gasteiger partial charge in [-0.15, -0.1) is 0 Å². The summed E-state index contributed by atoms with van der Waals surface area (Å²) in [6.07, 6.45) is 0.775. The topological polar surface area (TPSA) is 53.1 Å². The molecule has 2 aromatic carbocycles. The molecule has 0 aliphatic carbocycles. The maximum Gasteiger partial charge on any atom is 0.106 e. The van der Waals surface area contributed by atoms with Gasteiger partial charge in [0, 0.05) is 38.5 Å². The number of halogens is 1. The van der Waals surface area contributed by atoms with Gasteiger partial charge in [0.25, 0.3) is 0 Å². The minimum Gasteiger partial charge on any atom is -0.386 e. The fourth-order valence-electron chi connectivity index (χ4n) is 2.66. The van der Waals surface area contributed by atoms with E-state index in [2.05, 4.69) is 4.98 Å². The van der Waals surface area contributed by atoms with Gasteiger partial charge in [-0.1, -0.05) is 41.9 Å². The van der Waals surface area contributed by atoms with Crippen molar-refractivity contribution >= 4 is 33.3 Å². The molecule has 3 rings (SSSR count). The summed E-state index contributed by atoms with van der Waals surface area (Å²) in [7, 11) is -1.08. The molecule has 5 heteroatoms. The molecule has 3 nitrogen and oxygen atoms in total. The van der Waals surface area contributed by atoms with Crippen LogP contribution in [0.15, 0.2) is 48.5 Å².